The van der Waals surface area contributed by atoms with Crippen LogP contribution in [0.1, 0.15) is 43.5 Å². The van der Waals surface area contributed by atoms with Crippen molar-refractivity contribution in [1.29, 1.82) is 0 Å². The van der Waals surface area contributed by atoms with E-state index >= 15 is 0 Å². The van der Waals surface area contributed by atoms with Gasteiger partial charge in [0.2, 0.25) is 17.8 Å². The van der Waals surface area contributed by atoms with Crippen molar-refractivity contribution in [3.63, 3.8) is 0 Å². The van der Waals surface area contributed by atoms with E-state index in [4.69, 9.17) is 0 Å². The predicted molar refractivity (Wildman–Crippen MR) is 118 cm³/mol. The Morgan fingerprint density at radius 2 is 2.00 bits per heavy atom. The number of rotatable bonds is 5. The molecule has 162 valence electrons. The zero-order chi connectivity index (χ0) is 20.4. The van der Waals surface area contributed by atoms with Crippen LogP contribution in [0.4, 0.5) is 11.6 Å². The molecule has 0 radical (unpaired) electrons. The molecule has 30 heavy (non-hydrogen) atoms. The van der Waals surface area contributed by atoms with Crippen LogP contribution in [0.2, 0.25) is 0 Å². The minimum absolute atomic E-state index is 0. The minimum atomic E-state index is -0.397. The van der Waals surface area contributed by atoms with E-state index in [0.717, 1.165) is 49.4 Å². The number of para-hydroxylation sites is 1. The molecule has 2 aromatic rings. The first-order chi connectivity index (χ1) is 14.1. The normalized spacial score (nSPS) is 19.6. The zero-order valence-corrected chi connectivity index (χ0v) is 18.2. The van der Waals surface area contributed by atoms with Crippen LogP contribution in [0.5, 0.6) is 0 Å². The maximum Gasteiger partial charge on any atom is 0.232 e. The number of carbonyl (C=O) groups excluding carboxylic acids is 2. The number of piperidine rings is 1. The van der Waals surface area contributed by atoms with E-state index in [9.17, 15) is 9.59 Å². The van der Waals surface area contributed by atoms with E-state index in [-0.39, 0.29) is 30.6 Å². The summed E-state index contributed by atoms with van der Waals surface area (Å²) in [5.74, 6) is 0.962. The Bertz CT molecular complexity index is 909. The van der Waals surface area contributed by atoms with E-state index in [0.29, 0.717) is 18.4 Å². The van der Waals surface area contributed by atoms with E-state index in [2.05, 4.69) is 27.6 Å². The number of aryl methyl sites for hydroxylation is 2. The number of nitrogens with one attached hydrogen (secondary N) is 2. The predicted octanol–water partition coefficient (Wildman–Crippen LogP) is 2.26. The average molecular weight is 433 g/mol. The molecule has 8 nitrogen and oxygen atoms in total. The van der Waals surface area contributed by atoms with Crippen LogP contribution in [0.25, 0.3) is 0 Å². The van der Waals surface area contributed by atoms with Gasteiger partial charge < -0.3 is 10.2 Å². The second kappa shape index (κ2) is 9.57. The van der Waals surface area contributed by atoms with Crippen LogP contribution in [0.3, 0.4) is 0 Å². The summed E-state index contributed by atoms with van der Waals surface area (Å²) in [5.41, 5.74) is 2.02. The molecule has 1 atom stereocenters. The number of benzene rings is 1. The molecular weight excluding hydrogens is 404 g/mol. The lowest BCUT2D eigenvalue weighted by Gasteiger charge is -2.20. The molecule has 0 spiro atoms. The third-order valence-corrected chi connectivity index (χ3v) is 5.88. The largest absolute Gasteiger partial charge is 0.317 e. The molecule has 0 aliphatic carbocycles. The lowest BCUT2D eigenvalue weighted by molar-refractivity contribution is -0.122. The highest BCUT2D eigenvalue weighted by atomic mass is 35.5. The second-order valence-corrected chi connectivity index (χ2v) is 7.82. The van der Waals surface area contributed by atoms with Crippen LogP contribution >= 0.6 is 12.4 Å². The van der Waals surface area contributed by atoms with Gasteiger partial charge in [-0.2, -0.15) is 10.1 Å². The Hall–Kier alpha value is -2.45. The van der Waals surface area contributed by atoms with Gasteiger partial charge in [-0.3, -0.25) is 14.9 Å². The van der Waals surface area contributed by atoms with Crippen LogP contribution in [0, 0.1) is 5.92 Å². The van der Waals surface area contributed by atoms with Gasteiger partial charge in [0, 0.05) is 31.6 Å². The smallest absolute Gasteiger partial charge is 0.232 e. The van der Waals surface area contributed by atoms with E-state index in [1.54, 1.807) is 16.6 Å². The molecule has 2 amide bonds. The number of hydrogen-bond acceptors (Lipinski definition) is 5. The van der Waals surface area contributed by atoms with Gasteiger partial charge in [-0.05, 0) is 44.0 Å². The summed E-state index contributed by atoms with van der Waals surface area (Å²) in [6.07, 6.45) is 3.05. The molecule has 2 aliphatic rings. The minimum Gasteiger partial charge on any atom is -0.317 e. The zero-order valence-electron chi connectivity index (χ0n) is 17.4. The number of halogens is 1. The summed E-state index contributed by atoms with van der Waals surface area (Å²) in [7, 11) is 1.79. The SMILES string of the molecule is CCc1ccccc1N1CC(C(=O)Nc2nc(C3CCNCC3)nn2C)CC1=O.Cl. The van der Waals surface area contributed by atoms with Crippen LogP contribution in [-0.4, -0.2) is 46.2 Å². The van der Waals surface area contributed by atoms with Crippen molar-refractivity contribution in [1.82, 2.24) is 20.1 Å². The first-order valence-corrected chi connectivity index (χ1v) is 10.4. The fraction of sp³-hybridized carbons (Fsp3) is 0.524. The first kappa shape index (κ1) is 22.2. The van der Waals surface area contributed by atoms with Crippen molar-refractivity contribution >= 4 is 35.9 Å². The highest BCUT2D eigenvalue weighted by molar-refractivity contribution is 6.03. The molecule has 1 unspecified atom stereocenters. The van der Waals surface area contributed by atoms with Crippen LogP contribution in [0.15, 0.2) is 24.3 Å². The third kappa shape index (κ3) is 4.49. The molecule has 3 heterocycles. The van der Waals surface area contributed by atoms with Gasteiger partial charge in [0.25, 0.3) is 0 Å². The van der Waals surface area contributed by atoms with Crippen molar-refractivity contribution in [2.75, 3.05) is 29.9 Å². The summed E-state index contributed by atoms with van der Waals surface area (Å²) in [6.45, 7) is 4.38. The summed E-state index contributed by atoms with van der Waals surface area (Å²) < 4.78 is 1.62. The highest BCUT2D eigenvalue weighted by Gasteiger charge is 2.36. The molecule has 2 N–H and O–H groups in total. The van der Waals surface area contributed by atoms with Crippen molar-refractivity contribution in [3.8, 4) is 0 Å². The molecule has 2 fully saturated rings. The summed E-state index contributed by atoms with van der Waals surface area (Å²) >= 11 is 0. The first-order valence-electron chi connectivity index (χ1n) is 10.4. The maximum absolute atomic E-state index is 12.8. The molecule has 2 aliphatic heterocycles. The second-order valence-electron chi connectivity index (χ2n) is 7.82. The number of amides is 2. The Morgan fingerprint density at radius 1 is 1.27 bits per heavy atom. The number of nitrogens with zero attached hydrogens (tertiary/aromatic N) is 4. The Morgan fingerprint density at radius 3 is 2.73 bits per heavy atom. The molecule has 4 rings (SSSR count). The fourth-order valence-corrected chi connectivity index (χ4v) is 4.17. The van der Waals surface area contributed by atoms with E-state index in [1.807, 2.05) is 24.3 Å². The van der Waals surface area contributed by atoms with E-state index in [1.165, 1.54) is 0 Å². The van der Waals surface area contributed by atoms with Gasteiger partial charge in [0.1, 0.15) is 0 Å². The molecular formula is C21H29ClN6O2. The van der Waals surface area contributed by atoms with Crippen LogP contribution < -0.4 is 15.5 Å². The van der Waals surface area contributed by atoms with Gasteiger partial charge in [-0.25, -0.2) is 4.68 Å². The molecule has 0 bridgehead atoms. The highest BCUT2D eigenvalue weighted by Crippen LogP contribution is 2.29. The molecule has 9 heteroatoms. The standard InChI is InChI=1S/C21H28N6O2.ClH/c1-3-14-6-4-5-7-17(14)27-13-16(12-18(27)28)20(29)24-21-23-19(25-26(21)2)15-8-10-22-11-9-15;/h4-7,15-16,22H,3,8-13H2,1-2H3,(H,23,24,25,29);1H. The van der Waals surface area contributed by atoms with Gasteiger partial charge >= 0.3 is 0 Å². The Kier molecular flexibility index (Phi) is 7.10. The van der Waals surface area contributed by atoms with Crippen molar-refractivity contribution in [2.45, 2.75) is 38.5 Å². The Labute approximate surface area is 182 Å². The van der Waals surface area contributed by atoms with Crippen molar-refractivity contribution < 1.29 is 9.59 Å². The topological polar surface area (TPSA) is 92.2 Å². The maximum atomic E-state index is 12.8. The van der Waals surface area contributed by atoms with Crippen molar-refractivity contribution in [3.05, 3.63) is 35.7 Å². The molecule has 0 saturated carbocycles. The fourth-order valence-electron chi connectivity index (χ4n) is 4.17. The van der Waals surface area contributed by atoms with Gasteiger partial charge in [0.15, 0.2) is 5.82 Å². The summed E-state index contributed by atoms with van der Waals surface area (Å²) in [6, 6.07) is 7.88. The monoisotopic (exact) mass is 432 g/mol. The molecule has 1 aromatic carbocycles. The number of anilines is 2. The third-order valence-electron chi connectivity index (χ3n) is 5.88. The lowest BCUT2D eigenvalue weighted by Crippen LogP contribution is -2.29. The van der Waals surface area contributed by atoms with Gasteiger partial charge in [0.05, 0.1) is 5.92 Å². The van der Waals surface area contributed by atoms with E-state index < -0.39 is 5.92 Å². The number of aromatic nitrogens is 3. The molecule has 1 aromatic heterocycles. The number of hydrogen-bond donors (Lipinski definition) is 2. The average Bonchev–Trinajstić information content (AvgIpc) is 3.31. The lowest BCUT2D eigenvalue weighted by atomic mass is 9.98. The summed E-state index contributed by atoms with van der Waals surface area (Å²) in [5, 5.41) is 10.7. The van der Waals surface area contributed by atoms with Gasteiger partial charge in [-0.1, -0.05) is 25.1 Å². The Balaban J connectivity index is 0.00000256. The summed E-state index contributed by atoms with van der Waals surface area (Å²) in [4.78, 5) is 31.7. The van der Waals surface area contributed by atoms with Crippen LogP contribution in [-0.2, 0) is 23.1 Å². The van der Waals surface area contributed by atoms with Crippen molar-refractivity contribution in [2.24, 2.45) is 13.0 Å². The van der Waals surface area contributed by atoms with Gasteiger partial charge in [-0.15, -0.1) is 12.4 Å². The quantitative estimate of drug-likeness (QED) is 0.756. The molecule has 2 saturated heterocycles. The number of carbonyl (C=O) groups is 2.